The zero-order chi connectivity index (χ0) is 27.3. The molecule has 3 atom stereocenters. The number of carbonyl (C=O) groups excluding carboxylic acids is 1. The van der Waals surface area contributed by atoms with Crippen LogP contribution in [0.25, 0.3) is 33.6 Å². The summed E-state index contributed by atoms with van der Waals surface area (Å²) in [6, 6.07) is 9.95. The first-order valence-electron chi connectivity index (χ1n) is 14.1. The number of nitrogens with two attached hydrogens (primary N) is 1. The monoisotopic (exact) mass is 530 g/mol. The van der Waals surface area contributed by atoms with Gasteiger partial charge < -0.3 is 29.2 Å². The summed E-state index contributed by atoms with van der Waals surface area (Å²) in [5, 5.41) is 1.08. The molecule has 6 rings (SSSR count). The first kappa shape index (κ1) is 25.8. The van der Waals surface area contributed by atoms with E-state index in [4.69, 9.17) is 20.2 Å². The highest BCUT2D eigenvalue weighted by atomic mass is 16.5. The maximum atomic E-state index is 13.7. The summed E-state index contributed by atoms with van der Waals surface area (Å²) in [6.45, 7) is 10.0. The molecule has 4 aromatic rings. The summed E-state index contributed by atoms with van der Waals surface area (Å²) in [6.07, 6.45) is 3.83. The lowest BCUT2D eigenvalue weighted by Crippen LogP contribution is -2.40. The molecule has 206 valence electrons. The van der Waals surface area contributed by atoms with Crippen LogP contribution in [0.1, 0.15) is 44.0 Å². The predicted octanol–water partition coefficient (Wildman–Crippen LogP) is 4.32. The lowest BCUT2D eigenvalue weighted by Gasteiger charge is -2.24. The Morgan fingerprint density at radius 3 is 2.67 bits per heavy atom. The van der Waals surface area contributed by atoms with Gasteiger partial charge in [-0.3, -0.25) is 4.79 Å². The van der Waals surface area contributed by atoms with Crippen molar-refractivity contribution in [1.82, 2.24) is 24.0 Å². The number of pyridine rings is 1. The van der Waals surface area contributed by atoms with Crippen LogP contribution < -0.4 is 10.5 Å². The number of carbonyl (C=O) groups is 1. The van der Waals surface area contributed by atoms with E-state index in [-0.39, 0.29) is 23.9 Å². The van der Waals surface area contributed by atoms with Crippen molar-refractivity contribution in [2.75, 3.05) is 26.9 Å². The number of amides is 1. The summed E-state index contributed by atoms with van der Waals surface area (Å²) in [4.78, 5) is 25.4. The van der Waals surface area contributed by atoms with E-state index in [9.17, 15) is 4.79 Å². The number of methoxy groups -OCH3 is 1. The molecule has 2 N–H and O–H groups in total. The number of hydrogen-bond donors (Lipinski definition) is 1. The van der Waals surface area contributed by atoms with E-state index >= 15 is 0 Å². The number of fused-ring (bicyclic) bond motifs is 2. The van der Waals surface area contributed by atoms with Crippen LogP contribution in [0.15, 0.2) is 36.5 Å². The minimum absolute atomic E-state index is 0.0245. The maximum absolute atomic E-state index is 13.7. The van der Waals surface area contributed by atoms with Crippen LogP contribution in [-0.4, -0.2) is 68.9 Å². The molecule has 1 amide bonds. The number of likely N-dealkylation sites (tertiary alicyclic amines) is 1. The zero-order valence-electron chi connectivity index (χ0n) is 23.3. The Morgan fingerprint density at radius 2 is 1.97 bits per heavy atom. The third kappa shape index (κ3) is 4.37. The van der Waals surface area contributed by atoms with Crippen LogP contribution in [0.2, 0.25) is 0 Å². The van der Waals surface area contributed by atoms with Crippen molar-refractivity contribution in [2.45, 2.75) is 58.8 Å². The lowest BCUT2D eigenvalue weighted by atomic mass is 10.00. The molecule has 39 heavy (non-hydrogen) atoms. The number of benzene rings is 1. The first-order chi connectivity index (χ1) is 18.9. The first-order valence-corrected chi connectivity index (χ1v) is 14.1. The second-order valence-corrected chi connectivity index (χ2v) is 11.1. The minimum Gasteiger partial charge on any atom is -0.494 e. The van der Waals surface area contributed by atoms with Crippen molar-refractivity contribution in [3.05, 3.63) is 42.1 Å². The summed E-state index contributed by atoms with van der Waals surface area (Å²) < 4.78 is 16.1. The Hall–Kier alpha value is -3.43. The fourth-order valence-corrected chi connectivity index (χ4v) is 6.38. The van der Waals surface area contributed by atoms with E-state index in [1.54, 1.807) is 7.11 Å². The second kappa shape index (κ2) is 10.3. The fourth-order valence-electron chi connectivity index (χ4n) is 6.38. The summed E-state index contributed by atoms with van der Waals surface area (Å²) >= 11 is 0. The third-order valence-electron chi connectivity index (χ3n) is 8.71. The molecule has 2 saturated heterocycles. The van der Waals surface area contributed by atoms with Crippen LogP contribution in [-0.2, 0) is 17.8 Å². The van der Waals surface area contributed by atoms with Crippen molar-refractivity contribution < 1.29 is 14.3 Å². The number of rotatable bonds is 6. The highest BCUT2D eigenvalue weighted by Gasteiger charge is 2.37. The second-order valence-electron chi connectivity index (χ2n) is 11.1. The highest BCUT2D eigenvalue weighted by Crippen LogP contribution is 2.37. The quantitative estimate of drug-likeness (QED) is 0.399. The average Bonchev–Trinajstić information content (AvgIpc) is 3.60. The molecule has 0 spiro atoms. The largest absolute Gasteiger partial charge is 0.494 e. The van der Waals surface area contributed by atoms with E-state index in [2.05, 4.69) is 40.1 Å². The van der Waals surface area contributed by atoms with E-state index in [0.717, 1.165) is 72.7 Å². The lowest BCUT2D eigenvalue weighted by molar-refractivity contribution is 0.0617. The Balaban J connectivity index is 1.52. The molecule has 0 radical (unpaired) electrons. The number of imidazole rings is 1. The normalized spacial score (nSPS) is 22.3. The van der Waals surface area contributed by atoms with Gasteiger partial charge in [0.25, 0.3) is 5.91 Å². The molecule has 2 aliphatic rings. The van der Waals surface area contributed by atoms with Gasteiger partial charge in [0, 0.05) is 62.1 Å². The van der Waals surface area contributed by atoms with Crippen LogP contribution >= 0.6 is 0 Å². The predicted molar refractivity (Wildman–Crippen MR) is 152 cm³/mol. The Morgan fingerprint density at radius 1 is 1.18 bits per heavy atom. The molecule has 2 fully saturated rings. The molecule has 2 aliphatic heterocycles. The molecule has 1 aromatic carbocycles. The SMILES string of the molecule is CCn1c(-c2nc3cc(C(=O)N4CC(C)C(N)C4C)cc(OC)c3n2CC2CCOCC2)cc2cccnc21. The fraction of sp³-hybridized carbons (Fsp3) is 0.500. The van der Waals surface area contributed by atoms with E-state index in [0.29, 0.717) is 23.8 Å². The molecule has 9 heteroatoms. The van der Waals surface area contributed by atoms with Crippen molar-refractivity contribution in [2.24, 2.45) is 17.6 Å². The van der Waals surface area contributed by atoms with Crippen LogP contribution in [0.5, 0.6) is 5.75 Å². The van der Waals surface area contributed by atoms with Gasteiger partial charge in [0.15, 0.2) is 5.82 Å². The highest BCUT2D eigenvalue weighted by molar-refractivity contribution is 6.00. The van der Waals surface area contributed by atoms with Gasteiger partial charge >= 0.3 is 0 Å². The molecule has 0 bridgehead atoms. The summed E-state index contributed by atoms with van der Waals surface area (Å²) in [7, 11) is 1.66. The van der Waals surface area contributed by atoms with E-state index < -0.39 is 0 Å². The number of aromatic nitrogens is 4. The smallest absolute Gasteiger partial charge is 0.254 e. The van der Waals surface area contributed by atoms with Crippen molar-refractivity contribution in [3.63, 3.8) is 0 Å². The van der Waals surface area contributed by atoms with Gasteiger partial charge in [0.1, 0.15) is 16.9 Å². The zero-order valence-corrected chi connectivity index (χ0v) is 23.3. The number of hydrogen-bond acceptors (Lipinski definition) is 6. The molecule has 3 unspecified atom stereocenters. The molecular weight excluding hydrogens is 492 g/mol. The van der Waals surface area contributed by atoms with Crippen molar-refractivity contribution >= 4 is 28.0 Å². The summed E-state index contributed by atoms with van der Waals surface area (Å²) in [5.41, 5.74) is 10.6. The Bertz CT molecular complexity index is 1520. The topological polar surface area (TPSA) is 100 Å². The van der Waals surface area contributed by atoms with Gasteiger partial charge in [-0.05, 0) is 68.9 Å². The van der Waals surface area contributed by atoms with E-state index in [1.165, 1.54) is 0 Å². The molecule has 0 saturated carbocycles. The standard InChI is InChI=1S/C30H38N6O3/c1-5-34-24(14-21-7-6-10-32-28(21)34)29-33-23-13-22(30(37)35-16-18(2)26(31)19(35)3)15-25(38-4)27(23)36(29)17-20-8-11-39-12-9-20/h6-7,10,13-15,18-20,26H,5,8-9,11-12,16-17,31H2,1-4H3. The third-order valence-corrected chi connectivity index (χ3v) is 8.71. The Kier molecular flexibility index (Phi) is 6.81. The van der Waals surface area contributed by atoms with Gasteiger partial charge in [0.05, 0.1) is 18.3 Å². The van der Waals surface area contributed by atoms with Crippen LogP contribution in [0, 0.1) is 11.8 Å². The number of nitrogens with zero attached hydrogens (tertiary/aromatic N) is 5. The molecule has 9 nitrogen and oxygen atoms in total. The van der Waals surface area contributed by atoms with Gasteiger partial charge in [-0.15, -0.1) is 0 Å². The number of ether oxygens (including phenoxy) is 2. The van der Waals surface area contributed by atoms with Crippen molar-refractivity contribution in [1.29, 1.82) is 0 Å². The van der Waals surface area contributed by atoms with Gasteiger partial charge in [-0.1, -0.05) is 6.92 Å². The van der Waals surface area contributed by atoms with Gasteiger partial charge in [-0.25, -0.2) is 9.97 Å². The van der Waals surface area contributed by atoms with Gasteiger partial charge in [0.2, 0.25) is 0 Å². The maximum Gasteiger partial charge on any atom is 0.254 e. The molecule has 5 heterocycles. The molecular formula is C30H38N6O3. The number of aryl methyl sites for hydroxylation is 1. The summed E-state index contributed by atoms with van der Waals surface area (Å²) in [5.74, 6) is 2.21. The van der Waals surface area contributed by atoms with Crippen LogP contribution in [0.4, 0.5) is 0 Å². The van der Waals surface area contributed by atoms with Crippen LogP contribution in [0.3, 0.4) is 0 Å². The Labute approximate surface area is 228 Å². The van der Waals surface area contributed by atoms with Gasteiger partial charge in [-0.2, -0.15) is 0 Å². The molecule has 0 aliphatic carbocycles. The van der Waals surface area contributed by atoms with Crippen molar-refractivity contribution in [3.8, 4) is 17.3 Å². The molecule has 3 aromatic heterocycles. The minimum atomic E-state index is -0.0329. The van der Waals surface area contributed by atoms with E-state index in [1.807, 2.05) is 36.2 Å². The average molecular weight is 531 g/mol.